The lowest BCUT2D eigenvalue weighted by molar-refractivity contribution is 0.239. The second-order valence-corrected chi connectivity index (χ2v) is 6.27. The van der Waals surface area contributed by atoms with Crippen molar-refractivity contribution in [2.45, 2.75) is 19.5 Å². The van der Waals surface area contributed by atoms with Gasteiger partial charge < -0.3 is 4.98 Å². The molecule has 0 fully saturated rings. The second-order valence-electron chi connectivity index (χ2n) is 5.86. The van der Waals surface area contributed by atoms with Crippen LogP contribution in [0.3, 0.4) is 0 Å². The molecule has 1 aliphatic heterocycles. The number of halogens is 1. The first-order valence-electron chi connectivity index (χ1n) is 7.78. The minimum absolute atomic E-state index is 0.0701. The maximum Gasteiger partial charge on any atom is 0.255 e. The van der Waals surface area contributed by atoms with Gasteiger partial charge in [0.05, 0.1) is 28.2 Å². The Bertz CT molecular complexity index is 918. The molecule has 0 unspecified atom stereocenters. The average molecular weight is 342 g/mol. The molecule has 0 saturated carbocycles. The number of aromatic nitrogens is 4. The van der Waals surface area contributed by atoms with Crippen molar-refractivity contribution in [1.29, 1.82) is 0 Å². The number of hydrogen-bond donors (Lipinski definition) is 2. The van der Waals surface area contributed by atoms with E-state index in [1.54, 1.807) is 6.20 Å². The van der Waals surface area contributed by atoms with E-state index < -0.39 is 0 Å². The molecular formula is C17H16ClN5O. The molecule has 1 aromatic carbocycles. The normalized spacial score (nSPS) is 14.5. The Morgan fingerprint density at radius 3 is 2.83 bits per heavy atom. The van der Waals surface area contributed by atoms with Crippen molar-refractivity contribution in [2.24, 2.45) is 0 Å². The van der Waals surface area contributed by atoms with E-state index in [0.717, 1.165) is 35.5 Å². The first kappa shape index (κ1) is 15.1. The van der Waals surface area contributed by atoms with Crippen molar-refractivity contribution >= 4 is 11.6 Å². The Morgan fingerprint density at radius 2 is 2.08 bits per heavy atom. The average Bonchev–Trinajstić information content (AvgIpc) is 3.01. The highest BCUT2D eigenvalue weighted by molar-refractivity contribution is 6.31. The summed E-state index contributed by atoms with van der Waals surface area (Å²) in [5.74, 6) is 0.629. The van der Waals surface area contributed by atoms with Crippen LogP contribution in [0.15, 0.2) is 41.3 Å². The highest BCUT2D eigenvalue weighted by Gasteiger charge is 2.22. The quantitative estimate of drug-likeness (QED) is 0.766. The minimum Gasteiger partial charge on any atom is -0.306 e. The van der Waals surface area contributed by atoms with E-state index in [9.17, 15) is 4.79 Å². The highest BCUT2D eigenvalue weighted by atomic mass is 35.5. The number of H-pyrrole nitrogens is 2. The van der Waals surface area contributed by atoms with Crippen LogP contribution in [0.5, 0.6) is 0 Å². The van der Waals surface area contributed by atoms with Crippen molar-refractivity contribution in [2.75, 3.05) is 6.54 Å². The number of nitrogens with zero attached hydrogens (tertiary/aromatic N) is 3. The molecule has 0 saturated heterocycles. The monoisotopic (exact) mass is 341 g/mol. The molecule has 0 atom stereocenters. The predicted octanol–water partition coefficient (Wildman–Crippen LogP) is 2.37. The fourth-order valence-corrected chi connectivity index (χ4v) is 3.13. The molecule has 2 N–H and O–H groups in total. The Morgan fingerprint density at radius 1 is 1.25 bits per heavy atom. The molecule has 0 radical (unpaired) electrons. The molecule has 6 nitrogen and oxygen atoms in total. The van der Waals surface area contributed by atoms with Crippen LogP contribution in [0.4, 0.5) is 0 Å². The molecule has 0 aliphatic carbocycles. The van der Waals surface area contributed by atoms with Crippen LogP contribution in [0, 0.1) is 0 Å². The van der Waals surface area contributed by atoms with E-state index in [-0.39, 0.29) is 5.56 Å². The molecule has 3 aromatic rings. The molecule has 0 amide bonds. The molecule has 4 rings (SSSR count). The Balaban J connectivity index is 1.61. The Kier molecular flexibility index (Phi) is 3.92. The van der Waals surface area contributed by atoms with Gasteiger partial charge in [-0.1, -0.05) is 41.9 Å². The third kappa shape index (κ3) is 2.86. The first-order chi connectivity index (χ1) is 11.7. The zero-order chi connectivity index (χ0) is 16.5. The number of rotatable bonds is 3. The highest BCUT2D eigenvalue weighted by Crippen LogP contribution is 2.21. The maximum atomic E-state index is 12.5. The van der Waals surface area contributed by atoms with Crippen LogP contribution in [-0.2, 0) is 19.5 Å². The van der Waals surface area contributed by atoms with Gasteiger partial charge in [0.1, 0.15) is 5.82 Å². The summed E-state index contributed by atoms with van der Waals surface area (Å²) in [6.45, 7) is 2.02. The summed E-state index contributed by atoms with van der Waals surface area (Å²) < 4.78 is 0. The lowest BCUT2D eigenvalue weighted by Crippen LogP contribution is -2.35. The van der Waals surface area contributed by atoms with Crippen LogP contribution in [0.1, 0.15) is 17.0 Å². The van der Waals surface area contributed by atoms with Gasteiger partial charge in [0, 0.05) is 31.6 Å². The third-order valence-corrected chi connectivity index (χ3v) is 4.57. The fourth-order valence-electron chi connectivity index (χ4n) is 2.98. The summed E-state index contributed by atoms with van der Waals surface area (Å²) in [5, 5.41) is 7.44. The van der Waals surface area contributed by atoms with Crippen LogP contribution >= 0.6 is 11.6 Å². The molecule has 1 aliphatic rings. The molecule has 7 heteroatoms. The number of aromatic amines is 2. The standard InChI is InChI=1S/C17H16ClN5O/c18-13-8-19-22-15(13)10-23-7-6-14-12(9-23)17(24)21-16(20-14)11-4-2-1-3-5-11/h1-5,8H,6-7,9-10H2,(H,19,22)(H,20,21,24). The summed E-state index contributed by atoms with van der Waals surface area (Å²) in [5.41, 5.74) is 3.33. The number of fused-ring (bicyclic) bond motifs is 1. The van der Waals surface area contributed by atoms with Crippen LogP contribution < -0.4 is 5.56 Å². The minimum atomic E-state index is -0.0701. The van der Waals surface area contributed by atoms with Crippen molar-refractivity contribution in [1.82, 2.24) is 25.1 Å². The van der Waals surface area contributed by atoms with E-state index in [1.807, 2.05) is 30.3 Å². The van der Waals surface area contributed by atoms with Crippen LogP contribution in [-0.4, -0.2) is 31.6 Å². The molecule has 24 heavy (non-hydrogen) atoms. The van der Waals surface area contributed by atoms with Gasteiger partial charge in [-0.25, -0.2) is 4.98 Å². The number of hydrogen-bond acceptors (Lipinski definition) is 4. The van der Waals surface area contributed by atoms with Crippen molar-refractivity contribution in [3.8, 4) is 11.4 Å². The summed E-state index contributed by atoms with van der Waals surface area (Å²) in [6.07, 6.45) is 2.33. The fraction of sp³-hybridized carbons (Fsp3) is 0.235. The Hall–Kier alpha value is -2.44. The Labute approximate surface area is 143 Å². The van der Waals surface area contributed by atoms with Gasteiger partial charge >= 0.3 is 0 Å². The molecule has 0 bridgehead atoms. The first-order valence-corrected chi connectivity index (χ1v) is 8.16. The summed E-state index contributed by atoms with van der Waals surface area (Å²) >= 11 is 6.08. The predicted molar refractivity (Wildman–Crippen MR) is 91.7 cm³/mol. The molecule has 3 heterocycles. The SMILES string of the molecule is O=c1[nH]c(-c2ccccc2)nc2c1CN(Cc1[nH]ncc1Cl)CC2. The van der Waals surface area contributed by atoms with E-state index in [1.165, 1.54) is 0 Å². The lowest BCUT2D eigenvalue weighted by Gasteiger charge is -2.27. The van der Waals surface area contributed by atoms with Gasteiger partial charge in [-0.3, -0.25) is 14.8 Å². The maximum absolute atomic E-state index is 12.5. The summed E-state index contributed by atoms with van der Waals surface area (Å²) in [7, 11) is 0. The second kappa shape index (κ2) is 6.22. The largest absolute Gasteiger partial charge is 0.306 e. The smallest absolute Gasteiger partial charge is 0.255 e. The number of nitrogens with one attached hydrogen (secondary N) is 2. The van der Waals surface area contributed by atoms with Crippen LogP contribution in [0.2, 0.25) is 5.02 Å². The van der Waals surface area contributed by atoms with E-state index >= 15 is 0 Å². The zero-order valence-corrected chi connectivity index (χ0v) is 13.7. The van der Waals surface area contributed by atoms with E-state index in [0.29, 0.717) is 23.9 Å². The van der Waals surface area contributed by atoms with Gasteiger partial charge in [0.25, 0.3) is 5.56 Å². The van der Waals surface area contributed by atoms with Gasteiger partial charge in [-0.05, 0) is 0 Å². The van der Waals surface area contributed by atoms with E-state index in [2.05, 4.69) is 25.1 Å². The van der Waals surface area contributed by atoms with Gasteiger partial charge in [0.15, 0.2) is 0 Å². The van der Waals surface area contributed by atoms with Crippen LogP contribution in [0.25, 0.3) is 11.4 Å². The van der Waals surface area contributed by atoms with Gasteiger partial charge in [-0.15, -0.1) is 0 Å². The molecule has 0 spiro atoms. The van der Waals surface area contributed by atoms with Gasteiger partial charge in [0.2, 0.25) is 0 Å². The third-order valence-electron chi connectivity index (χ3n) is 4.24. The lowest BCUT2D eigenvalue weighted by atomic mass is 10.1. The number of benzene rings is 1. The summed E-state index contributed by atoms with van der Waals surface area (Å²) in [4.78, 5) is 22.2. The summed E-state index contributed by atoms with van der Waals surface area (Å²) in [6, 6.07) is 9.70. The molecular weight excluding hydrogens is 326 g/mol. The van der Waals surface area contributed by atoms with Crippen molar-refractivity contribution in [3.05, 3.63) is 68.9 Å². The van der Waals surface area contributed by atoms with Crippen molar-refractivity contribution < 1.29 is 0 Å². The molecule has 122 valence electrons. The van der Waals surface area contributed by atoms with Crippen molar-refractivity contribution in [3.63, 3.8) is 0 Å². The zero-order valence-electron chi connectivity index (χ0n) is 12.9. The van der Waals surface area contributed by atoms with Gasteiger partial charge in [-0.2, -0.15) is 5.10 Å². The topological polar surface area (TPSA) is 77.7 Å². The molecule has 2 aromatic heterocycles. The van der Waals surface area contributed by atoms with E-state index in [4.69, 9.17) is 11.6 Å².